The molecule has 3 N–H and O–H groups in total. The lowest BCUT2D eigenvalue weighted by atomic mass is 10.0. The minimum Gasteiger partial charge on any atom is -0.309 e. The summed E-state index contributed by atoms with van der Waals surface area (Å²) in [6.45, 7) is 2.05. The average molecular weight is 255 g/mol. The smallest absolute Gasteiger partial charge is 0.231 e. The molecule has 0 radical (unpaired) electrons. The van der Waals surface area contributed by atoms with E-state index in [1.165, 1.54) is 21.9 Å². The Labute approximate surface area is 110 Å². The highest BCUT2D eigenvalue weighted by atomic mass is 16.1. The molecule has 1 aliphatic rings. The molecule has 5 heteroatoms. The molecule has 1 heterocycles. The molecule has 0 atom stereocenters. The van der Waals surface area contributed by atoms with Gasteiger partial charge in [0.2, 0.25) is 12.2 Å². The summed E-state index contributed by atoms with van der Waals surface area (Å²) in [7, 11) is 0. The largest absolute Gasteiger partial charge is 0.309 e. The Morgan fingerprint density at radius 1 is 0.947 bits per heavy atom. The zero-order chi connectivity index (χ0) is 14.1. The number of hydrogen-bond acceptors (Lipinski definition) is 5. The summed E-state index contributed by atoms with van der Waals surface area (Å²) in [4.78, 5) is 16.7. The van der Waals surface area contributed by atoms with Crippen molar-refractivity contribution in [3.05, 3.63) is 47.5 Å². The summed E-state index contributed by atoms with van der Waals surface area (Å²) in [5.74, 6) is 0. The second-order valence-corrected chi connectivity index (χ2v) is 3.73. The fraction of sp³-hybridized carbons (Fsp3) is 0.143. The van der Waals surface area contributed by atoms with Gasteiger partial charge in [-0.1, -0.05) is 36.4 Å². The van der Waals surface area contributed by atoms with E-state index in [0.717, 1.165) is 25.2 Å². The van der Waals surface area contributed by atoms with Gasteiger partial charge in [-0.2, -0.15) is 0 Å². The number of rotatable bonds is 0. The number of fused-ring (bicyclic) bond motifs is 3. The Balaban J connectivity index is 0.000000261. The predicted molar refractivity (Wildman–Crippen MR) is 71.3 cm³/mol. The first kappa shape index (κ1) is 14.5. The highest BCUT2D eigenvalue weighted by Gasteiger charge is 2.11. The van der Waals surface area contributed by atoms with Crippen LogP contribution in [0.5, 0.6) is 0 Å². The molecule has 2 aromatic rings. The van der Waals surface area contributed by atoms with Crippen LogP contribution in [0.4, 0.5) is 0 Å². The van der Waals surface area contributed by atoms with Crippen molar-refractivity contribution in [2.24, 2.45) is 0 Å². The summed E-state index contributed by atoms with van der Waals surface area (Å²) >= 11 is 0. The van der Waals surface area contributed by atoms with Crippen molar-refractivity contribution in [1.82, 2.24) is 5.32 Å². The molecule has 0 amide bonds. The van der Waals surface area contributed by atoms with E-state index in [0.29, 0.717) is 0 Å². The summed E-state index contributed by atoms with van der Waals surface area (Å²) in [5.41, 5.74) is 2.94. The normalized spacial score (nSPS) is 10.9. The first-order valence-corrected chi connectivity index (χ1v) is 5.56. The van der Waals surface area contributed by atoms with Gasteiger partial charge in [0.15, 0.2) is 0 Å². The van der Waals surface area contributed by atoms with Crippen molar-refractivity contribution in [3.63, 3.8) is 0 Å². The van der Waals surface area contributed by atoms with Gasteiger partial charge in [-0.05, 0) is 21.9 Å². The van der Waals surface area contributed by atoms with Crippen LogP contribution in [0, 0.1) is 10.8 Å². The molecule has 0 saturated heterocycles. The van der Waals surface area contributed by atoms with E-state index in [-0.39, 0.29) is 0 Å². The minimum absolute atomic E-state index is 0.750. The monoisotopic (exact) mass is 255 g/mol. The van der Waals surface area contributed by atoms with Crippen LogP contribution in [0.3, 0.4) is 0 Å². The number of isocyanates is 2. The lowest BCUT2D eigenvalue weighted by Crippen LogP contribution is -2.00. The highest BCUT2D eigenvalue weighted by molar-refractivity contribution is 5.87. The minimum atomic E-state index is 0.750. The van der Waals surface area contributed by atoms with Gasteiger partial charge in [0.05, 0.1) is 0 Å². The topological polar surface area (TPSA) is 93.9 Å². The molecule has 19 heavy (non-hydrogen) atoms. The molecular weight excluding hydrogens is 242 g/mol. The van der Waals surface area contributed by atoms with Crippen molar-refractivity contribution in [2.75, 3.05) is 0 Å². The van der Waals surface area contributed by atoms with Crippen LogP contribution in [-0.4, -0.2) is 12.2 Å². The molecule has 0 aliphatic carbocycles. The average Bonchev–Trinajstić information content (AvgIpc) is 2.89. The molecule has 0 aromatic heterocycles. The summed E-state index contributed by atoms with van der Waals surface area (Å²) in [6, 6.07) is 13.0. The van der Waals surface area contributed by atoms with E-state index in [4.69, 9.17) is 20.4 Å². The highest BCUT2D eigenvalue weighted by Crippen LogP contribution is 2.25. The Morgan fingerprint density at radius 2 is 1.58 bits per heavy atom. The molecule has 1 aliphatic heterocycles. The molecule has 0 saturated carbocycles. The number of benzene rings is 2. The third-order valence-corrected chi connectivity index (χ3v) is 2.75. The lowest BCUT2D eigenvalue weighted by Gasteiger charge is -2.03. The molecule has 0 bridgehead atoms. The Hall–Kier alpha value is -2.58. The molecule has 3 rings (SSSR count). The van der Waals surface area contributed by atoms with Crippen molar-refractivity contribution in [2.45, 2.75) is 13.1 Å². The molecule has 5 nitrogen and oxygen atoms in total. The van der Waals surface area contributed by atoms with Gasteiger partial charge in [-0.25, -0.2) is 20.4 Å². The van der Waals surface area contributed by atoms with Gasteiger partial charge in [-0.3, -0.25) is 0 Å². The SMILES string of the molecule is N=C=O.N=C=O.c1ccc2c3c(ccc2c1)CNC3. The third-order valence-electron chi connectivity index (χ3n) is 2.75. The molecule has 96 valence electrons. The van der Waals surface area contributed by atoms with Crippen molar-refractivity contribution in [1.29, 1.82) is 10.8 Å². The van der Waals surface area contributed by atoms with E-state index < -0.39 is 0 Å². The Bertz CT molecular complexity index is 614. The van der Waals surface area contributed by atoms with Crippen molar-refractivity contribution in [3.8, 4) is 0 Å². The number of nitrogens with one attached hydrogen (secondary N) is 3. The van der Waals surface area contributed by atoms with Crippen LogP contribution < -0.4 is 5.32 Å². The zero-order valence-electron chi connectivity index (χ0n) is 10.2. The second-order valence-electron chi connectivity index (χ2n) is 3.73. The zero-order valence-corrected chi connectivity index (χ0v) is 10.2. The molecule has 0 fully saturated rings. The standard InChI is InChI=1S/C12H11N.2CHNO/c1-2-4-11-9(3-1)5-6-10-7-13-8-12(10)11;2*2-1-3/h1-6,13H,7-8H2;2*2H. The van der Waals surface area contributed by atoms with Gasteiger partial charge in [0.1, 0.15) is 0 Å². The van der Waals surface area contributed by atoms with Crippen molar-refractivity contribution >= 4 is 22.9 Å². The van der Waals surface area contributed by atoms with Gasteiger partial charge in [0.25, 0.3) is 0 Å². The summed E-state index contributed by atoms with van der Waals surface area (Å²) < 4.78 is 0. The maximum absolute atomic E-state index is 8.35. The molecule has 2 aromatic carbocycles. The van der Waals surface area contributed by atoms with E-state index >= 15 is 0 Å². The van der Waals surface area contributed by atoms with Crippen LogP contribution in [0.2, 0.25) is 0 Å². The Kier molecular flexibility index (Phi) is 5.86. The number of carbonyl (C=O) groups excluding carboxylic acids is 2. The maximum Gasteiger partial charge on any atom is 0.231 e. The fourth-order valence-corrected chi connectivity index (χ4v) is 2.08. The number of hydrogen-bond donors (Lipinski definition) is 3. The maximum atomic E-state index is 8.35. The molecule has 0 unspecified atom stereocenters. The summed E-state index contributed by atoms with van der Waals surface area (Å²) in [5, 5.41) is 16.9. The van der Waals surface area contributed by atoms with Crippen LogP contribution in [0.1, 0.15) is 11.1 Å². The first-order chi connectivity index (χ1) is 9.28. The molecular formula is C14H13N3O2. The van der Waals surface area contributed by atoms with Gasteiger partial charge >= 0.3 is 0 Å². The molecule has 0 spiro atoms. The van der Waals surface area contributed by atoms with Gasteiger partial charge in [-0.15, -0.1) is 0 Å². The van der Waals surface area contributed by atoms with E-state index in [1.807, 2.05) is 0 Å². The van der Waals surface area contributed by atoms with E-state index in [1.54, 1.807) is 0 Å². The van der Waals surface area contributed by atoms with Gasteiger partial charge < -0.3 is 5.32 Å². The van der Waals surface area contributed by atoms with E-state index in [2.05, 4.69) is 41.7 Å². The van der Waals surface area contributed by atoms with Crippen LogP contribution in [0.15, 0.2) is 36.4 Å². The quantitative estimate of drug-likeness (QED) is 0.497. The first-order valence-electron chi connectivity index (χ1n) is 5.56. The lowest BCUT2D eigenvalue weighted by molar-refractivity contribution is 0.562. The predicted octanol–water partition coefficient (Wildman–Crippen LogP) is 2.24. The van der Waals surface area contributed by atoms with Crippen molar-refractivity contribution < 1.29 is 9.59 Å². The fourth-order valence-electron chi connectivity index (χ4n) is 2.08. The van der Waals surface area contributed by atoms with Crippen LogP contribution in [0.25, 0.3) is 10.8 Å². The van der Waals surface area contributed by atoms with Crippen LogP contribution >= 0.6 is 0 Å². The Morgan fingerprint density at radius 3 is 2.26 bits per heavy atom. The third kappa shape index (κ3) is 3.69. The second kappa shape index (κ2) is 7.69. The van der Waals surface area contributed by atoms with Crippen LogP contribution in [-0.2, 0) is 22.7 Å². The summed E-state index contributed by atoms with van der Waals surface area (Å²) in [6.07, 6.45) is 1.50. The van der Waals surface area contributed by atoms with E-state index in [9.17, 15) is 0 Å². The van der Waals surface area contributed by atoms with Gasteiger partial charge in [0, 0.05) is 13.1 Å².